The van der Waals surface area contributed by atoms with Gasteiger partial charge in [-0.2, -0.15) is 0 Å². The van der Waals surface area contributed by atoms with E-state index in [-0.39, 0.29) is 16.3 Å². The molecule has 0 atom stereocenters. The van der Waals surface area contributed by atoms with Crippen LogP contribution >= 0.6 is 22.9 Å². The number of aromatic nitrogens is 3. The Hall–Kier alpha value is -4.53. The smallest absolute Gasteiger partial charge is 0.312 e. The van der Waals surface area contributed by atoms with Crippen molar-refractivity contribution in [3.05, 3.63) is 106 Å². The number of carbonyl (C=O) groups excluding carboxylic acids is 1. The molecule has 2 N–H and O–H groups in total. The second-order valence-electron chi connectivity index (χ2n) is 8.74. The highest BCUT2D eigenvalue weighted by Crippen LogP contribution is 2.42. The van der Waals surface area contributed by atoms with Crippen LogP contribution in [0.3, 0.4) is 0 Å². The molecule has 6 aromatic rings. The molecule has 0 bridgehead atoms. The van der Waals surface area contributed by atoms with E-state index in [1.54, 1.807) is 36.4 Å². The van der Waals surface area contributed by atoms with E-state index in [9.17, 15) is 9.90 Å². The highest BCUT2D eigenvalue weighted by molar-refractivity contribution is 7.21. The van der Waals surface area contributed by atoms with Gasteiger partial charge < -0.3 is 15.4 Å². The van der Waals surface area contributed by atoms with Crippen molar-refractivity contribution in [1.82, 2.24) is 10.3 Å². The van der Waals surface area contributed by atoms with Gasteiger partial charge in [0.25, 0.3) is 5.78 Å². The van der Waals surface area contributed by atoms with Crippen LogP contribution in [-0.2, 0) is 0 Å². The summed E-state index contributed by atoms with van der Waals surface area (Å²) in [6, 6.07) is 26.2. The van der Waals surface area contributed by atoms with Gasteiger partial charge in [-0.15, -0.1) is 11.3 Å². The van der Waals surface area contributed by atoms with Gasteiger partial charge in [0.05, 0.1) is 16.7 Å². The molecule has 0 saturated carbocycles. The second kappa shape index (κ2) is 9.41. The number of nitrogens with two attached hydrogens (primary N) is 1. The van der Waals surface area contributed by atoms with Crippen LogP contribution in [0.15, 0.2) is 89.5 Å². The molecule has 7 nitrogen and oxygen atoms in total. The van der Waals surface area contributed by atoms with Gasteiger partial charge in [-0.3, -0.25) is 4.79 Å². The van der Waals surface area contributed by atoms with Crippen molar-refractivity contribution in [2.75, 3.05) is 5.73 Å². The Balaban J connectivity index is 1.57. The third-order valence-electron chi connectivity index (χ3n) is 6.23. The van der Waals surface area contributed by atoms with E-state index in [1.165, 1.54) is 4.68 Å². The minimum absolute atomic E-state index is 0.194. The summed E-state index contributed by atoms with van der Waals surface area (Å²) in [7, 11) is 0. The van der Waals surface area contributed by atoms with Crippen molar-refractivity contribution in [2.45, 2.75) is 6.92 Å². The number of hydrogen-bond acceptors (Lipinski definition) is 7. The quantitative estimate of drug-likeness (QED) is 0.221. The molecule has 3 heterocycles. The van der Waals surface area contributed by atoms with E-state index in [0.717, 1.165) is 33.6 Å². The van der Waals surface area contributed by atoms with E-state index >= 15 is 0 Å². The normalized spacial score (nSPS) is 11.2. The minimum atomic E-state index is -0.843. The molecule has 0 unspecified atom stereocenters. The molecule has 0 amide bonds. The van der Waals surface area contributed by atoms with Gasteiger partial charge >= 0.3 is 5.69 Å². The van der Waals surface area contributed by atoms with Crippen molar-refractivity contribution >= 4 is 44.6 Å². The highest BCUT2D eigenvalue weighted by Gasteiger charge is 2.32. The van der Waals surface area contributed by atoms with Crippen molar-refractivity contribution in [3.8, 4) is 34.0 Å². The summed E-state index contributed by atoms with van der Waals surface area (Å²) in [6.07, 6.45) is 0. The Kier molecular flexibility index (Phi) is 5.90. The lowest BCUT2D eigenvalue weighted by atomic mass is 9.98. The average molecular weight is 539 g/mol. The lowest BCUT2D eigenvalue weighted by Crippen LogP contribution is -2.39. The van der Waals surface area contributed by atoms with Crippen LogP contribution in [0, 0.1) is 6.92 Å². The van der Waals surface area contributed by atoms with E-state index in [0.29, 0.717) is 26.6 Å². The zero-order valence-electron chi connectivity index (χ0n) is 20.0. The molecule has 0 saturated heterocycles. The molecule has 0 spiro atoms. The fourth-order valence-corrected chi connectivity index (χ4v) is 5.50. The Morgan fingerprint density at radius 2 is 1.68 bits per heavy atom. The number of hydrogen-bond donors (Lipinski definition) is 1. The predicted octanol–water partition coefficient (Wildman–Crippen LogP) is 5.74. The van der Waals surface area contributed by atoms with Gasteiger partial charge in [-0.25, -0.2) is 4.98 Å². The van der Waals surface area contributed by atoms with Crippen molar-refractivity contribution in [1.29, 1.82) is 0 Å². The summed E-state index contributed by atoms with van der Waals surface area (Å²) in [6.45, 7) is 2.02. The molecule has 3 aromatic carbocycles. The summed E-state index contributed by atoms with van der Waals surface area (Å²) >= 11 is 7.23. The van der Waals surface area contributed by atoms with Gasteiger partial charge in [-0.1, -0.05) is 71.8 Å². The zero-order chi connectivity index (χ0) is 26.4. The molecular formula is C29H19ClN4O3S. The molecule has 38 heavy (non-hydrogen) atoms. The van der Waals surface area contributed by atoms with Crippen LogP contribution in [0.25, 0.3) is 38.3 Å². The molecule has 6 rings (SSSR count). The lowest BCUT2D eigenvalue weighted by Gasteiger charge is -2.09. The van der Waals surface area contributed by atoms with E-state index in [2.05, 4.69) is 5.27 Å². The number of halogens is 1. The van der Waals surface area contributed by atoms with Crippen LogP contribution in [-0.4, -0.2) is 16.0 Å². The highest BCUT2D eigenvalue weighted by atomic mass is 35.5. The Morgan fingerprint density at radius 1 is 1.00 bits per heavy atom. The van der Waals surface area contributed by atoms with Crippen molar-refractivity contribution < 1.29 is 19.1 Å². The first kappa shape index (κ1) is 23.8. The predicted molar refractivity (Wildman–Crippen MR) is 146 cm³/mol. The molecule has 0 radical (unpaired) electrons. The molecule has 3 aromatic heterocycles. The van der Waals surface area contributed by atoms with Gasteiger partial charge in [-0.05, 0) is 40.9 Å². The third kappa shape index (κ3) is 4.09. The van der Waals surface area contributed by atoms with Gasteiger partial charge in [0, 0.05) is 28.1 Å². The van der Waals surface area contributed by atoms with Gasteiger partial charge in [0.2, 0.25) is 5.69 Å². The van der Waals surface area contributed by atoms with Crippen LogP contribution in [0.1, 0.15) is 20.9 Å². The monoisotopic (exact) mass is 538 g/mol. The van der Waals surface area contributed by atoms with Gasteiger partial charge in [0.15, 0.2) is 5.95 Å². The largest absolute Gasteiger partial charge is 0.539 e. The number of nitrogens with zero attached hydrogens (tertiary/aromatic N) is 3. The fraction of sp³-hybridized carbons (Fsp3) is 0.0345. The average Bonchev–Trinajstić information content (AvgIpc) is 3.49. The molecule has 0 fully saturated rings. The summed E-state index contributed by atoms with van der Waals surface area (Å²) in [5.41, 5.74) is 11.6. The first-order chi connectivity index (χ1) is 18.4. The minimum Gasteiger partial charge on any atom is -0.539 e. The number of carbonyl (C=O) groups is 1. The number of fused-ring (bicyclic) bond motifs is 1. The number of benzene rings is 3. The van der Waals surface area contributed by atoms with E-state index < -0.39 is 11.7 Å². The van der Waals surface area contributed by atoms with E-state index in [1.807, 2.05) is 55.5 Å². The number of thiophene rings is 1. The van der Waals surface area contributed by atoms with Crippen LogP contribution in [0.5, 0.6) is 5.95 Å². The SMILES string of the molecule is Cc1ccc(-c2cc(-c3ccc(Cl)cc3)nc3sc(C(=O)c4c([O-])on[n+]4-c4ccccc4)c(N)c23)cc1. The molecule has 9 heteroatoms. The van der Waals surface area contributed by atoms with Gasteiger partial charge in [0.1, 0.15) is 9.71 Å². The molecule has 0 aliphatic carbocycles. The maximum Gasteiger partial charge on any atom is 0.312 e. The van der Waals surface area contributed by atoms with E-state index in [4.69, 9.17) is 26.8 Å². The van der Waals surface area contributed by atoms with Crippen LogP contribution < -0.4 is 15.5 Å². The fourth-order valence-electron chi connectivity index (χ4n) is 4.31. The summed E-state index contributed by atoms with van der Waals surface area (Å²) in [5.74, 6) is -1.42. The number of nitrogen functional groups attached to an aromatic ring is 1. The van der Waals surface area contributed by atoms with Crippen molar-refractivity contribution in [2.24, 2.45) is 0 Å². The number of para-hydroxylation sites is 1. The molecule has 0 aliphatic rings. The first-order valence-corrected chi connectivity index (χ1v) is 12.9. The Bertz CT molecular complexity index is 1810. The Morgan fingerprint density at radius 3 is 2.39 bits per heavy atom. The third-order valence-corrected chi connectivity index (χ3v) is 7.58. The molecule has 186 valence electrons. The number of anilines is 1. The molecular weight excluding hydrogens is 520 g/mol. The maximum atomic E-state index is 13.8. The Labute approximate surface area is 226 Å². The number of aryl methyl sites for hydroxylation is 1. The summed E-state index contributed by atoms with van der Waals surface area (Å²) in [5, 5.41) is 17.7. The number of rotatable bonds is 5. The van der Waals surface area contributed by atoms with Crippen LogP contribution in [0.2, 0.25) is 5.02 Å². The van der Waals surface area contributed by atoms with Crippen LogP contribution in [0.4, 0.5) is 5.69 Å². The second-order valence-corrected chi connectivity index (χ2v) is 10.2. The maximum absolute atomic E-state index is 13.8. The molecule has 0 aliphatic heterocycles. The first-order valence-electron chi connectivity index (χ1n) is 11.7. The topological polar surface area (TPSA) is 109 Å². The summed E-state index contributed by atoms with van der Waals surface area (Å²) < 4.78 is 6.07. The lowest BCUT2D eigenvalue weighted by molar-refractivity contribution is -0.672. The number of ketones is 1. The standard InChI is InChI=1S/C29H19ClN4O3S/c1-16-7-9-17(10-8-16)21-15-22(18-11-13-19(30)14-12-18)32-28-23(21)24(31)27(38-28)26(35)25-29(36)37-33-34(25)20-5-3-2-4-6-20/h2-15H,1H3,(H2-,31,33,35,36). The number of pyridine rings is 1. The van der Waals surface area contributed by atoms with Crippen molar-refractivity contribution in [3.63, 3.8) is 0 Å². The summed E-state index contributed by atoms with van der Waals surface area (Å²) in [4.78, 5) is 19.4. The zero-order valence-corrected chi connectivity index (χ0v) is 21.6.